The van der Waals surface area contributed by atoms with E-state index >= 15 is 0 Å². The van der Waals surface area contributed by atoms with Crippen molar-refractivity contribution < 1.29 is 8.94 Å². The third kappa shape index (κ3) is 1.32. The van der Waals surface area contributed by atoms with E-state index in [1.165, 1.54) is 0 Å². The first kappa shape index (κ1) is 9.47. The fraction of sp³-hybridized carbons (Fsp3) is 0.182. The van der Waals surface area contributed by atoms with Crippen molar-refractivity contribution in [2.75, 3.05) is 5.73 Å². The Morgan fingerprint density at radius 1 is 1.50 bits per heavy atom. The largest absolute Gasteiger partial charge is 0.469 e. The average molecular weight is 234 g/mol. The summed E-state index contributed by atoms with van der Waals surface area (Å²) in [5, 5.41) is 4.03. The SMILES string of the molecule is Cc1sc2c(Cc3ccco3)noc2c1N. The fourth-order valence-electron chi connectivity index (χ4n) is 1.65. The lowest BCUT2D eigenvalue weighted by Gasteiger charge is -1.89. The van der Waals surface area contributed by atoms with Gasteiger partial charge in [0, 0.05) is 4.88 Å². The van der Waals surface area contributed by atoms with Crippen molar-refractivity contribution in [1.29, 1.82) is 0 Å². The second kappa shape index (κ2) is 3.38. The Morgan fingerprint density at radius 2 is 2.38 bits per heavy atom. The molecule has 82 valence electrons. The molecule has 3 aromatic heterocycles. The van der Waals surface area contributed by atoms with Gasteiger partial charge in [-0.2, -0.15) is 0 Å². The van der Waals surface area contributed by atoms with Crippen LogP contribution in [0.25, 0.3) is 10.3 Å². The van der Waals surface area contributed by atoms with Gasteiger partial charge in [0.2, 0.25) is 5.58 Å². The van der Waals surface area contributed by atoms with Gasteiger partial charge in [-0.25, -0.2) is 0 Å². The molecule has 3 heterocycles. The van der Waals surface area contributed by atoms with Gasteiger partial charge in [-0.1, -0.05) is 5.16 Å². The normalized spacial score (nSPS) is 11.3. The van der Waals surface area contributed by atoms with Crippen LogP contribution in [0.3, 0.4) is 0 Å². The van der Waals surface area contributed by atoms with Crippen molar-refractivity contribution in [2.24, 2.45) is 0 Å². The van der Waals surface area contributed by atoms with Crippen molar-refractivity contribution >= 4 is 27.3 Å². The Labute approximate surface area is 95.6 Å². The number of nitrogens with two attached hydrogens (primary N) is 1. The number of anilines is 1. The lowest BCUT2D eigenvalue weighted by molar-refractivity contribution is 0.443. The highest BCUT2D eigenvalue weighted by molar-refractivity contribution is 7.19. The molecule has 3 aromatic rings. The maximum atomic E-state index is 5.88. The summed E-state index contributed by atoms with van der Waals surface area (Å²) in [5.74, 6) is 0.875. The summed E-state index contributed by atoms with van der Waals surface area (Å²) < 4.78 is 11.5. The maximum Gasteiger partial charge on any atom is 0.201 e. The second-order valence-corrected chi connectivity index (χ2v) is 4.84. The number of furan rings is 1. The number of thiophene rings is 1. The molecule has 2 N–H and O–H groups in total. The maximum absolute atomic E-state index is 5.88. The molecule has 0 radical (unpaired) electrons. The molecule has 0 saturated carbocycles. The summed E-state index contributed by atoms with van der Waals surface area (Å²) in [5.41, 5.74) is 8.15. The molecular weight excluding hydrogens is 224 g/mol. The summed E-state index contributed by atoms with van der Waals surface area (Å²) in [6.07, 6.45) is 2.29. The topological polar surface area (TPSA) is 65.2 Å². The smallest absolute Gasteiger partial charge is 0.201 e. The van der Waals surface area contributed by atoms with E-state index in [0.717, 1.165) is 21.0 Å². The minimum absolute atomic E-state index is 0.638. The Bertz CT molecular complexity index is 622. The number of hydrogen-bond acceptors (Lipinski definition) is 5. The number of aromatic nitrogens is 1. The number of nitrogens with zero attached hydrogens (tertiary/aromatic N) is 1. The molecule has 0 bridgehead atoms. The Kier molecular flexibility index (Phi) is 2.00. The van der Waals surface area contributed by atoms with Crippen LogP contribution in [-0.2, 0) is 6.42 Å². The lowest BCUT2D eigenvalue weighted by atomic mass is 10.2. The first-order chi connectivity index (χ1) is 7.75. The van der Waals surface area contributed by atoms with Crippen LogP contribution in [0.4, 0.5) is 5.69 Å². The van der Waals surface area contributed by atoms with Gasteiger partial charge < -0.3 is 14.7 Å². The van der Waals surface area contributed by atoms with Crippen LogP contribution in [0.2, 0.25) is 0 Å². The zero-order valence-electron chi connectivity index (χ0n) is 8.69. The third-order valence-electron chi connectivity index (χ3n) is 2.52. The Balaban J connectivity index is 2.07. The molecule has 0 unspecified atom stereocenters. The lowest BCUT2D eigenvalue weighted by Crippen LogP contribution is -1.84. The van der Waals surface area contributed by atoms with E-state index in [1.807, 2.05) is 19.1 Å². The number of nitrogen functional groups attached to an aromatic ring is 1. The van der Waals surface area contributed by atoms with Gasteiger partial charge in [0.05, 0.1) is 18.4 Å². The first-order valence-electron chi connectivity index (χ1n) is 4.91. The van der Waals surface area contributed by atoms with Crippen LogP contribution in [-0.4, -0.2) is 5.16 Å². The highest BCUT2D eigenvalue weighted by atomic mass is 32.1. The second-order valence-electron chi connectivity index (χ2n) is 3.62. The van der Waals surface area contributed by atoms with E-state index in [2.05, 4.69) is 5.16 Å². The van der Waals surface area contributed by atoms with Crippen LogP contribution in [0.15, 0.2) is 27.3 Å². The van der Waals surface area contributed by atoms with Crippen LogP contribution in [0.5, 0.6) is 0 Å². The number of hydrogen-bond donors (Lipinski definition) is 1. The predicted octanol–water partition coefficient (Wildman–Crippen LogP) is 2.96. The molecule has 5 heteroatoms. The van der Waals surface area contributed by atoms with Gasteiger partial charge in [0.15, 0.2) is 0 Å². The van der Waals surface area contributed by atoms with E-state index in [-0.39, 0.29) is 0 Å². The summed E-state index contributed by atoms with van der Waals surface area (Å²) >= 11 is 1.61. The third-order valence-corrected chi connectivity index (χ3v) is 3.67. The van der Waals surface area contributed by atoms with E-state index in [0.29, 0.717) is 17.7 Å². The molecule has 0 atom stereocenters. The van der Waals surface area contributed by atoms with Crippen molar-refractivity contribution in [3.63, 3.8) is 0 Å². The molecule has 16 heavy (non-hydrogen) atoms. The van der Waals surface area contributed by atoms with Crippen LogP contribution in [0.1, 0.15) is 16.3 Å². The monoisotopic (exact) mass is 234 g/mol. The Hall–Kier alpha value is -1.75. The quantitative estimate of drug-likeness (QED) is 0.740. The number of rotatable bonds is 2. The van der Waals surface area contributed by atoms with E-state index in [1.54, 1.807) is 17.6 Å². The molecule has 4 nitrogen and oxygen atoms in total. The highest BCUT2D eigenvalue weighted by Crippen LogP contribution is 2.35. The van der Waals surface area contributed by atoms with Crippen molar-refractivity contribution in [3.8, 4) is 0 Å². The minimum Gasteiger partial charge on any atom is -0.469 e. The number of fused-ring (bicyclic) bond motifs is 1. The molecule has 0 aliphatic rings. The zero-order chi connectivity index (χ0) is 11.1. The van der Waals surface area contributed by atoms with Gasteiger partial charge >= 0.3 is 0 Å². The molecule has 0 aliphatic carbocycles. The van der Waals surface area contributed by atoms with Gasteiger partial charge in [0.25, 0.3) is 0 Å². The standard InChI is InChI=1S/C11H10N2O2S/c1-6-9(12)10-11(16-6)8(13-15-10)5-7-3-2-4-14-7/h2-4H,5,12H2,1H3. The van der Waals surface area contributed by atoms with E-state index < -0.39 is 0 Å². The molecule has 0 spiro atoms. The summed E-state index contributed by atoms with van der Waals surface area (Å²) in [6, 6.07) is 3.78. The summed E-state index contributed by atoms with van der Waals surface area (Å²) in [4.78, 5) is 1.07. The zero-order valence-corrected chi connectivity index (χ0v) is 9.50. The molecule has 0 amide bonds. The predicted molar refractivity (Wildman–Crippen MR) is 62.5 cm³/mol. The van der Waals surface area contributed by atoms with E-state index in [4.69, 9.17) is 14.7 Å². The fourth-order valence-corrected chi connectivity index (χ4v) is 2.63. The molecule has 0 aromatic carbocycles. The van der Waals surface area contributed by atoms with Crippen LogP contribution in [0, 0.1) is 6.92 Å². The van der Waals surface area contributed by atoms with Crippen LogP contribution < -0.4 is 5.73 Å². The molecule has 3 rings (SSSR count). The van der Waals surface area contributed by atoms with Gasteiger partial charge in [0.1, 0.15) is 16.2 Å². The molecule has 0 saturated heterocycles. The van der Waals surface area contributed by atoms with Gasteiger partial charge in [-0.05, 0) is 19.1 Å². The first-order valence-corrected chi connectivity index (χ1v) is 5.73. The van der Waals surface area contributed by atoms with Gasteiger partial charge in [-0.3, -0.25) is 0 Å². The highest BCUT2D eigenvalue weighted by Gasteiger charge is 2.16. The van der Waals surface area contributed by atoms with Crippen molar-refractivity contribution in [1.82, 2.24) is 5.16 Å². The van der Waals surface area contributed by atoms with Crippen molar-refractivity contribution in [3.05, 3.63) is 34.7 Å². The molecule has 0 aliphatic heterocycles. The Morgan fingerprint density at radius 3 is 3.12 bits per heavy atom. The summed E-state index contributed by atoms with van der Waals surface area (Å²) in [6.45, 7) is 1.98. The van der Waals surface area contributed by atoms with Crippen LogP contribution >= 0.6 is 11.3 Å². The number of aryl methyl sites for hydroxylation is 1. The summed E-state index contributed by atoms with van der Waals surface area (Å²) in [7, 11) is 0. The molecular formula is C11H10N2O2S. The minimum atomic E-state index is 0.638. The van der Waals surface area contributed by atoms with Crippen molar-refractivity contribution in [2.45, 2.75) is 13.3 Å². The average Bonchev–Trinajstić information content (AvgIpc) is 2.93. The van der Waals surface area contributed by atoms with E-state index in [9.17, 15) is 0 Å². The van der Waals surface area contributed by atoms with Gasteiger partial charge in [-0.15, -0.1) is 11.3 Å². The molecule has 0 fully saturated rings.